The zero-order chi connectivity index (χ0) is 41.3. The normalized spacial score (nSPS) is 13.7. The summed E-state index contributed by atoms with van der Waals surface area (Å²) in [6.45, 7) is 5.80. The number of hydrogen-bond acceptors (Lipinski definition) is 16. The van der Waals surface area contributed by atoms with Crippen molar-refractivity contribution in [2.45, 2.75) is 68.1 Å². The van der Waals surface area contributed by atoms with E-state index in [9.17, 15) is 36.4 Å². The van der Waals surface area contributed by atoms with Crippen molar-refractivity contribution in [3.05, 3.63) is 89.7 Å². The number of fused-ring (bicyclic) bond motifs is 1. The summed E-state index contributed by atoms with van der Waals surface area (Å²) in [6, 6.07) is 15.2. The number of Topliss-reactive ketones (excluding diaryl/α,β-unsaturated/α-hetero) is 1. The molecule has 0 saturated carbocycles. The minimum Gasteiger partial charge on any atom is -0.767 e. The number of benzene rings is 3. The molecule has 3 aromatic carbocycles. The van der Waals surface area contributed by atoms with E-state index in [-0.39, 0.29) is 41.1 Å². The van der Waals surface area contributed by atoms with Gasteiger partial charge in [0.1, 0.15) is 43.1 Å². The number of carbonyl (C=O) groups is 4. The van der Waals surface area contributed by atoms with Crippen LogP contribution in [0.5, 0.6) is 11.5 Å². The van der Waals surface area contributed by atoms with E-state index in [4.69, 9.17) is 18.4 Å². The largest absolute Gasteiger partial charge is 0.767 e. The lowest BCUT2D eigenvalue weighted by molar-refractivity contribution is -0.149. The Morgan fingerprint density at radius 2 is 1.70 bits per heavy atom. The van der Waals surface area contributed by atoms with Gasteiger partial charge in [-0.3, -0.25) is 27.6 Å². The molecular formula is C37H38N5O12S3-. The first kappa shape index (κ1) is 42.7. The Hall–Kier alpha value is -5.41. The minimum atomic E-state index is -4.13. The maximum Gasteiger partial charge on any atom is 0.303 e. The summed E-state index contributed by atoms with van der Waals surface area (Å²) in [5.74, 6) is -1.65. The van der Waals surface area contributed by atoms with Gasteiger partial charge in [0, 0.05) is 24.4 Å². The number of hydrogen-bond donors (Lipinski definition) is 1. The monoisotopic (exact) mass is 840 g/mol. The summed E-state index contributed by atoms with van der Waals surface area (Å²) < 4.78 is 71.6. The Bertz CT molecular complexity index is 2350. The highest BCUT2D eigenvalue weighted by atomic mass is 32.2. The van der Waals surface area contributed by atoms with Crippen LogP contribution in [0.25, 0.3) is 10.2 Å². The summed E-state index contributed by atoms with van der Waals surface area (Å²) in [5.41, 5.74) is 2.34. The number of thiazole rings is 1. The van der Waals surface area contributed by atoms with Crippen LogP contribution in [0, 0.1) is 12.8 Å². The molecule has 2 aromatic heterocycles. The van der Waals surface area contributed by atoms with Crippen molar-refractivity contribution in [1.82, 2.24) is 25.3 Å². The molecule has 57 heavy (non-hydrogen) atoms. The number of aldehydes is 1. The van der Waals surface area contributed by atoms with Gasteiger partial charge in [-0.15, -0.1) is 16.4 Å². The van der Waals surface area contributed by atoms with Crippen LogP contribution >= 0.6 is 11.3 Å². The number of aryl methyl sites for hydroxylation is 1. The third-order valence-electron chi connectivity index (χ3n) is 8.24. The number of ether oxygens (including phenoxy) is 3. The number of esters is 1. The Labute approximate surface area is 334 Å². The second kappa shape index (κ2) is 19.2. The van der Waals surface area contributed by atoms with Gasteiger partial charge in [-0.2, -0.15) is 8.42 Å². The summed E-state index contributed by atoms with van der Waals surface area (Å²) in [6.07, 6.45) is 0.564. The maximum absolute atomic E-state index is 13.6. The van der Waals surface area contributed by atoms with Gasteiger partial charge < -0.3 is 24.1 Å². The average Bonchev–Trinajstić information content (AvgIpc) is 3.82. The van der Waals surface area contributed by atoms with Crippen molar-refractivity contribution < 1.29 is 54.8 Å². The first-order valence-electron chi connectivity index (χ1n) is 17.3. The topological polar surface area (TPSA) is 235 Å². The molecule has 302 valence electrons. The number of aromatic nitrogens is 4. The average molecular weight is 841 g/mol. The van der Waals surface area contributed by atoms with Gasteiger partial charge in [0.25, 0.3) is 10.1 Å². The van der Waals surface area contributed by atoms with E-state index in [0.29, 0.717) is 33.0 Å². The predicted octanol–water partition coefficient (Wildman–Crippen LogP) is 3.42. The molecule has 0 fully saturated rings. The minimum absolute atomic E-state index is 0.0167. The van der Waals surface area contributed by atoms with Crippen LogP contribution < -0.4 is 14.8 Å². The van der Waals surface area contributed by atoms with Gasteiger partial charge in [-0.25, -0.2) is 9.67 Å². The van der Waals surface area contributed by atoms with E-state index in [0.717, 1.165) is 16.9 Å². The Balaban J connectivity index is 1.18. The molecule has 20 heteroatoms. The Morgan fingerprint density at radius 3 is 2.35 bits per heavy atom. The Morgan fingerprint density at radius 1 is 1.00 bits per heavy atom. The number of rotatable bonds is 20. The molecule has 0 bridgehead atoms. The van der Waals surface area contributed by atoms with Crippen LogP contribution in [0.15, 0.2) is 82.2 Å². The maximum atomic E-state index is 13.6. The number of nitrogens with zero attached hydrogens (tertiary/aromatic N) is 4. The van der Waals surface area contributed by atoms with E-state index in [1.807, 2.05) is 6.92 Å². The summed E-state index contributed by atoms with van der Waals surface area (Å²) in [7, 11) is -4.13. The zero-order valence-corrected chi connectivity index (χ0v) is 33.5. The highest BCUT2D eigenvalue weighted by Gasteiger charge is 2.30. The lowest BCUT2D eigenvalue weighted by Crippen LogP contribution is -2.47. The second-order valence-corrected chi connectivity index (χ2v) is 16.8. The lowest BCUT2D eigenvalue weighted by atomic mass is 10.00. The van der Waals surface area contributed by atoms with Crippen LogP contribution in [0.1, 0.15) is 43.6 Å². The van der Waals surface area contributed by atoms with Gasteiger partial charge in [-0.05, 0) is 60.9 Å². The number of carbonyl (C=O) groups excluding carboxylic acids is 4. The number of ketones is 1. The highest BCUT2D eigenvalue weighted by molar-refractivity contribution is 7.86. The fraction of sp³-hybridized carbons (Fsp3) is 0.324. The molecular weight excluding hydrogens is 803 g/mol. The van der Waals surface area contributed by atoms with Crippen LogP contribution in [0.2, 0.25) is 0 Å². The number of amides is 1. The predicted molar refractivity (Wildman–Crippen MR) is 204 cm³/mol. The fourth-order valence-electron chi connectivity index (χ4n) is 5.44. The van der Waals surface area contributed by atoms with E-state index in [2.05, 4.69) is 20.6 Å². The van der Waals surface area contributed by atoms with Crippen molar-refractivity contribution >= 4 is 66.7 Å². The molecule has 0 aliphatic carbocycles. The summed E-state index contributed by atoms with van der Waals surface area (Å²) in [4.78, 5) is 53.6. The lowest BCUT2D eigenvalue weighted by Gasteiger charge is -2.23. The van der Waals surface area contributed by atoms with E-state index < -0.39 is 63.7 Å². The quantitative estimate of drug-likeness (QED) is 0.0389. The molecule has 0 aliphatic rings. The van der Waals surface area contributed by atoms with Gasteiger partial charge in [0.05, 0.1) is 27.4 Å². The van der Waals surface area contributed by atoms with E-state index in [1.54, 1.807) is 68.4 Å². The third kappa shape index (κ3) is 11.8. The number of nitrogens with one attached hydrogen (secondary N) is 1. The van der Waals surface area contributed by atoms with E-state index in [1.165, 1.54) is 29.9 Å². The van der Waals surface area contributed by atoms with Crippen molar-refractivity contribution in [3.63, 3.8) is 0 Å². The standard InChI is InChI=1S/C37H39N5O12S3/c1-22(2)35(42-17-26(40-41-42)19-51-28-11-14-31-34(16-28)55-37(39-31)56(47)48)36(46)38-32(33(45)18-43)15-25-7-9-27(10-8-25)52-20-29(54-24(4)44)21-53-57(49,50)30-12-5-23(3)6-13-30/h5-14,16-18,22,29,32,35H,15,19-21H2,1-4H3,(H,38,46)(H,47,48)/p-1/t29?,32-,35-/m0/s1. The first-order chi connectivity index (χ1) is 27.1. The molecule has 0 saturated heterocycles. The Kier molecular flexibility index (Phi) is 14.4. The van der Waals surface area contributed by atoms with Crippen molar-refractivity contribution in [2.75, 3.05) is 13.2 Å². The molecule has 0 radical (unpaired) electrons. The van der Waals surface area contributed by atoms with Crippen LogP contribution in [-0.4, -0.2) is 86.5 Å². The molecule has 1 N–H and O–H groups in total. The van der Waals surface area contributed by atoms with Crippen molar-refractivity contribution in [2.24, 2.45) is 5.92 Å². The first-order valence-corrected chi connectivity index (χ1v) is 20.6. The SMILES string of the molecule is CC(=O)OC(COc1ccc(C[C@H](NC(=O)[C@H](C(C)C)n2cc(COc3ccc4nc(S(=O)[O-])sc4c3)nn2)C(=O)C=O)cc1)COS(=O)(=O)c1ccc(C)cc1. The third-order valence-corrected chi connectivity index (χ3v) is 11.4. The highest BCUT2D eigenvalue weighted by Crippen LogP contribution is 2.28. The molecule has 0 spiro atoms. The smallest absolute Gasteiger partial charge is 0.303 e. The fourth-order valence-corrected chi connectivity index (χ4v) is 7.82. The van der Waals surface area contributed by atoms with E-state index >= 15 is 0 Å². The molecule has 5 aromatic rings. The van der Waals surface area contributed by atoms with Gasteiger partial charge in [-0.1, -0.05) is 48.9 Å². The molecule has 0 aliphatic heterocycles. The van der Waals surface area contributed by atoms with Gasteiger partial charge in [0.15, 0.2) is 16.7 Å². The van der Waals surface area contributed by atoms with Crippen LogP contribution in [0.3, 0.4) is 0 Å². The van der Waals surface area contributed by atoms with Gasteiger partial charge in [0.2, 0.25) is 11.7 Å². The zero-order valence-electron chi connectivity index (χ0n) is 31.1. The second-order valence-electron chi connectivity index (χ2n) is 13.0. The molecule has 5 rings (SSSR count). The molecule has 4 atom stereocenters. The summed E-state index contributed by atoms with van der Waals surface area (Å²) >= 11 is -1.44. The molecule has 2 unspecified atom stereocenters. The van der Waals surface area contributed by atoms with Crippen molar-refractivity contribution in [3.8, 4) is 11.5 Å². The molecule has 2 heterocycles. The summed E-state index contributed by atoms with van der Waals surface area (Å²) in [5, 5.41) is 10.9. The van der Waals surface area contributed by atoms with Crippen LogP contribution in [-0.2, 0) is 62.3 Å². The molecule has 1 amide bonds. The van der Waals surface area contributed by atoms with Crippen molar-refractivity contribution in [1.29, 1.82) is 0 Å². The molecule has 17 nitrogen and oxygen atoms in total. The van der Waals surface area contributed by atoms with Crippen LogP contribution in [0.4, 0.5) is 0 Å². The van der Waals surface area contributed by atoms with Gasteiger partial charge >= 0.3 is 5.97 Å².